The Hall–Kier alpha value is -2.01. The molecule has 0 unspecified atom stereocenters. The van der Waals surface area contributed by atoms with E-state index in [0.717, 1.165) is 0 Å². The second-order valence-corrected chi connectivity index (χ2v) is 5.91. The molecule has 1 aliphatic heterocycles. The first-order chi connectivity index (χ1) is 12.1. The number of amides is 1. The molecule has 1 aromatic carbocycles. The van der Waals surface area contributed by atoms with Crippen molar-refractivity contribution in [2.75, 3.05) is 26.2 Å². The van der Waals surface area contributed by atoms with Gasteiger partial charge in [0.1, 0.15) is 11.3 Å². The van der Waals surface area contributed by atoms with Crippen molar-refractivity contribution in [3.63, 3.8) is 0 Å². The van der Waals surface area contributed by atoms with Crippen LogP contribution in [-0.2, 0) is 23.6 Å². The van der Waals surface area contributed by atoms with Crippen molar-refractivity contribution in [2.45, 2.75) is 18.8 Å². The number of carbonyl (C=O) groups is 1. The van der Waals surface area contributed by atoms with E-state index in [1.54, 1.807) is 0 Å². The number of hydrogen-bond acceptors (Lipinski definition) is 3. The Labute approximate surface area is 155 Å². The van der Waals surface area contributed by atoms with Gasteiger partial charge in [-0.2, -0.15) is 26.3 Å². The third kappa shape index (κ3) is 4.64. The minimum Gasteiger partial charge on any atom is -0.342 e. The number of piperazine rings is 1. The van der Waals surface area contributed by atoms with Gasteiger partial charge in [0.2, 0.25) is 5.91 Å². The van der Waals surface area contributed by atoms with Crippen LogP contribution in [0.2, 0.25) is 0 Å². The molecule has 0 radical (unpaired) electrons. The molecule has 2 heterocycles. The number of imidazole rings is 1. The van der Waals surface area contributed by atoms with Crippen LogP contribution >= 0.6 is 12.4 Å². The zero-order valence-corrected chi connectivity index (χ0v) is 14.5. The van der Waals surface area contributed by atoms with Crippen LogP contribution < -0.4 is 5.32 Å². The smallest absolute Gasteiger partial charge is 0.342 e. The second kappa shape index (κ2) is 7.55. The maximum Gasteiger partial charge on any atom is 0.418 e. The number of carbonyl (C=O) groups excluding carboxylic acids is 1. The lowest BCUT2D eigenvalue weighted by molar-refractivity contribution is -0.142. The summed E-state index contributed by atoms with van der Waals surface area (Å²) in [4.78, 5) is 19.5. The molecule has 1 fully saturated rings. The fourth-order valence-electron chi connectivity index (χ4n) is 2.79. The molecule has 5 nitrogen and oxygen atoms in total. The van der Waals surface area contributed by atoms with Gasteiger partial charge in [-0.05, 0) is 12.1 Å². The fraction of sp³-hybridized carbons (Fsp3) is 0.467. The quantitative estimate of drug-likeness (QED) is 0.756. The normalized spacial score (nSPS) is 15.9. The number of H-pyrrole nitrogens is 1. The summed E-state index contributed by atoms with van der Waals surface area (Å²) in [5, 5.41) is 2.88. The Kier molecular flexibility index (Phi) is 5.95. The van der Waals surface area contributed by atoms with E-state index in [4.69, 9.17) is 0 Å². The maximum atomic E-state index is 13.1. The van der Waals surface area contributed by atoms with Crippen LogP contribution in [0.3, 0.4) is 0 Å². The monoisotopic (exact) mass is 416 g/mol. The van der Waals surface area contributed by atoms with Crippen molar-refractivity contribution in [1.29, 1.82) is 0 Å². The first kappa shape index (κ1) is 21.3. The SMILES string of the molecule is Cl.O=C1CNCCN1CCc1nc2c(C(F)(F)F)cc(C(F)(F)F)cc2[nH]1. The summed E-state index contributed by atoms with van der Waals surface area (Å²) in [6.45, 7) is 1.44. The number of benzene rings is 1. The summed E-state index contributed by atoms with van der Waals surface area (Å²) in [7, 11) is 0. The van der Waals surface area contributed by atoms with E-state index in [1.165, 1.54) is 4.90 Å². The van der Waals surface area contributed by atoms with E-state index < -0.39 is 29.0 Å². The highest BCUT2D eigenvalue weighted by molar-refractivity contribution is 5.85. The average Bonchev–Trinajstić information content (AvgIpc) is 2.94. The van der Waals surface area contributed by atoms with Crippen LogP contribution in [0.1, 0.15) is 17.0 Å². The van der Waals surface area contributed by atoms with Gasteiger partial charge in [0.15, 0.2) is 0 Å². The molecule has 0 aliphatic carbocycles. The number of fused-ring (bicyclic) bond motifs is 1. The van der Waals surface area contributed by atoms with E-state index in [1.807, 2.05) is 0 Å². The first-order valence-electron chi connectivity index (χ1n) is 7.71. The molecule has 0 saturated carbocycles. The molecule has 1 aliphatic rings. The summed E-state index contributed by atoms with van der Waals surface area (Å²) in [6, 6.07) is 0.670. The Balaban J connectivity index is 0.00000261. The van der Waals surface area contributed by atoms with Gasteiger partial charge in [-0.15, -0.1) is 12.4 Å². The van der Waals surface area contributed by atoms with Gasteiger partial charge in [0.05, 0.1) is 23.2 Å². The first-order valence-corrected chi connectivity index (χ1v) is 7.71. The van der Waals surface area contributed by atoms with Gasteiger partial charge in [-0.3, -0.25) is 4.79 Å². The van der Waals surface area contributed by atoms with Crippen molar-refractivity contribution in [1.82, 2.24) is 20.2 Å². The van der Waals surface area contributed by atoms with E-state index in [9.17, 15) is 31.1 Å². The number of alkyl halides is 6. The molecule has 27 heavy (non-hydrogen) atoms. The van der Waals surface area contributed by atoms with Gasteiger partial charge in [0.25, 0.3) is 0 Å². The Morgan fingerprint density at radius 1 is 1.11 bits per heavy atom. The average molecular weight is 417 g/mol. The third-order valence-corrected chi connectivity index (χ3v) is 4.07. The second-order valence-electron chi connectivity index (χ2n) is 5.91. The lowest BCUT2D eigenvalue weighted by Gasteiger charge is -2.26. The molecule has 0 spiro atoms. The van der Waals surface area contributed by atoms with Gasteiger partial charge in [-0.25, -0.2) is 4.98 Å². The molecule has 0 bridgehead atoms. The summed E-state index contributed by atoms with van der Waals surface area (Å²) < 4.78 is 78.0. The highest BCUT2D eigenvalue weighted by Gasteiger charge is 2.39. The number of nitrogens with zero attached hydrogens (tertiary/aromatic N) is 2. The van der Waals surface area contributed by atoms with E-state index in [0.29, 0.717) is 19.2 Å². The molecule has 1 aromatic heterocycles. The lowest BCUT2D eigenvalue weighted by Crippen LogP contribution is -2.48. The van der Waals surface area contributed by atoms with Gasteiger partial charge in [0, 0.05) is 26.1 Å². The third-order valence-electron chi connectivity index (χ3n) is 4.07. The molecule has 150 valence electrons. The van der Waals surface area contributed by atoms with Crippen molar-refractivity contribution in [3.05, 3.63) is 29.1 Å². The predicted molar refractivity (Wildman–Crippen MR) is 86.5 cm³/mol. The van der Waals surface area contributed by atoms with Crippen molar-refractivity contribution < 1.29 is 31.1 Å². The molecule has 12 heteroatoms. The van der Waals surface area contributed by atoms with Crippen LogP contribution in [-0.4, -0.2) is 47.0 Å². The highest BCUT2D eigenvalue weighted by Crippen LogP contribution is 2.39. The van der Waals surface area contributed by atoms with Gasteiger partial charge >= 0.3 is 12.4 Å². The lowest BCUT2D eigenvalue weighted by atomic mass is 10.1. The fourth-order valence-corrected chi connectivity index (χ4v) is 2.79. The van der Waals surface area contributed by atoms with Crippen LogP contribution in [0.15, 0.2) is 12.1 Å². The topological polar surface area (TPSA) is 61.0 Å². The van der Waals surface area contributed by atoms with Crippen LogP contribution in [0, 0.1) is 0 Å². The van der Waals surface area contributed by atoms with E-state index in [-0.39, 0.29) is 55.2 Å². The number of halogens is 7. The molecule has 0 atom stereocenters. The number of aromatic amines is 1. The van der Waals surface area contributed by atoms with Crippen LogP contribution in [0.25, 0.3) is 11.0 Å². The Bertz CT molecular complexity index is 832. The molecule has 3 rings (SSSR count). The molecule has 1 amide bonds. The van der Waals surface area contributed by atoms with E-state index >= 15 is 0 Å². The number of aromatic nitrogens is 2. The van der Waals surface area contributed by atoms with Gasteiger partial charge < -0.3 is 15.2 Å². The van der Waals surface area contributed by atoms with Crippen molar-refractivity contribution in [2.24, 2.45) is 0 Å². The molecular weight excluding hydrogens is 402 g/mol. The summed E-state index contributed by atoms with van der Waals surface area (Å²) >= 11 is 0. The molecule has 2 N–H and O–H groups in total. The number of hydrogen-bond donors (Lipinski definition) is 2. The van der Waals surface area contributed by atoms with Gasteiger partial charge in [-0.1, -0.05) is 0 Å². The number of nitrogens with one attached hydrogen (secondary N) is 2. The largest absolute Gasteiger partial charge is 0.418 e. The number of rotatable bonds is 3. The van der Waals surface area contributed by atoms with E-state index in [2.05, 4.69) is 15.3 Å². The highest BCUT2D eigenvalue weighted by atomic mass is 35.5. The Morgan fingerprint density at radius 3 is 2.41 bits per heavy atom. The van der Waals surface area contributed by atoms with Crippen molar-refractivity contribution >= 4 is 29.3 Å². The molecular formula is C15H15ClF6N4O. The minimum absolute atomic E-state index is 0. The van der Waals surface area contributed by atoms with Crippen LogP contribution in [0.5, 0.6) is 0 Å². The Morgan fingerprint density at radius 2 is 1.81 bits per heavy atom. The molecule has 1 saturated heterocycles. The molecule has 2 aromatic rings. The maximum absolute atomic E-state index is 13.1. The zero-order chi connectivity index (χ0) is 19.1. The zero-order valence-electron chi connectivity index (χ0n) is 13.7. The summed E-state index contributed by atoms with van der Waals surface area (Å²) in [5.74, 6) is -0.0566. The standard InChI is InChI=1S/C15H14F6N4O.ClH/c16-14(17,18)8-5-9(15(19,20)21)13-10(6-8)23-11(24-13)1-3-25-4-2-22-7-12(25)26;/h5-6,22H,1-4,7H2,(H,23,24);1H. The predicted octanol–water partition coefficient (Wildman–Crippen LogP) is 3.00. The minimum atomic E-state index is -4.97. The summed E-state index contributed by atoms with van der Waals surface area (Å²) in [6.07, 6.45) is -9.77. The summed E-state index contributed by atoms with van der Waals surface area (Å²) in [5.41, 5.74) is -3.74. The van der Waals surface area contributed by atoms with Crippen molar-refractivity contribution in [3.8, 4) is 0 Å². The van der Waals surface area contributed by atoms with Crippen LogP contribution in [0.4, 0.5) is 26.3 Å².